The van der Waals surface area contributed by atoms with Gasteiger partial charge >= 0.3 is 0 Å². The Bertz CT molecular complexity index is 98.5. The Balaban J connectivity index is 3.53. The highest BCUT2D eigenvalue weighted by Gasteiger charge is 2.08. The average Bonchev–Trinajstić information content (AvgIpc) is 2.04. The minimum absolute atomic E-state index is 0.346. The van der Waals surface area contributed by atoms with Crippen molar-refractivity contribution in [3.05, 3.63) is 0 Å². The topological polar surface area (TPSA) is 32.7 Å². The summed E-state index contributed by atoms with van der Waals surface area (Å²) in [5, 5.41) is 9.41. The minimum atomic E-state index is -0.346. The molecule has 3 heteroatoms. The molecule has 0 aliphatic carbocycles. The fraction of sp³-hybridized carbons (Fsp3) is 1.00. The van der Waals surface area contributed by atoms with Crippen molar-refractivity contribution in [3.63, 3.8) is 0 Å². The first-order chi connectivity index (χ1) is 5.74. The number of aliphatic hydroxyl groups is 1. The SMILES string of the molecule is CCCN(CC)C[C@@H](O)COC. The molecule has 0 amide bonds. The maximum absolute atomic E-state index is 9.41. The van der Waals surface area contributed by atoms with Gasteiger partial charge in [0.05, 0.1) is 12.7 Å². The number of hydrogen-bond donors (Lipinski definition) is 1. The first-order valence-electron chi connectivity index (χ1n) is 4.63. The lowest BCUT2D eigenvalue weighted by Crippen LogP contribution is -2.35. The average molecular weight is 175 g/mol. The first kappa shape index (κ1) is 11.9. The largest absolute Gasteiger partial charge is 0.389 e. The zero-order valence-corrected chi connectivity index (χ0v) is 8.42. The van der Waals surface area contributed by atoms with Gasteiger partial charge in [0.25, 0.3) is 0 Å². The van der Waals surface area contributed by atoms with Gasteiger partial charge in [0, 0.05) is 13.7 Å². The predicted octanol–water partition coefficient (Wildman–Crippen LogP) is 0.726. The Kier molecular flexibility index (Phi) is 7.45. The van der Waals surface area contributed by atoms with E-state index in [1.807, 2.05) is 0 Å². The Hall–Kier alpha value is -0.120. The number of methoxy groups -OCH3 is 1. The molecule has 0 saturated carbocycles. The molecule has 0 radical (unpaired) electrons. The molecule has 0 unspecified atom stereocenters. The molecule has 0 aromatic carbocycles. The maximum atomic E-state index is 9.41. The molecule has 0 saturated heterocycles. The van der Waals surface area contributed by atoms with Crippen molar-refractivity contribution >= 4 is 0 Å². The van der Waals surface area contributed by atoms with Gasteiger partial charge in [0.2, 0.25) is 0 Å². The van der Waals surface area contributed by atoms with Crippen LogP contribution in [0.4, 0.5) is 0 Å². The normalized spacial score (nSPS) is 13.8. The van der Waals surface area contributed by atoms with Crippen LogP contribution in [0.15, 0.2) is 0 Å². The number of hydrogen-bond acceptors (Lipinski definition) is 3. The number of nitrogens with zero attached hydrogens (tertiary/aromatic N) is 1. The number of aliphatic hydroxyl groups excluding tert-OH is 1. The van der Waals surface area contributed by atoms with Crippen LogP contribution in [0.5, 0.6) is 0 Å². The molecule has 0 aliphatic rings. The van der Waals surface area contributed by atoms with Gasteiger partial charge in [0.15, 0.2) is 0 Å². The van der Waals surface area contributed by atoms with E-state index in [1.165, 1.54) is 0 Å². The van der Waals surface area contributed by atoms with E-state index in [0.29, 0.717) is 6.61 Å². The van der Waals surface area contributed by atoms with Crippen LogP contribution in [0.1, 0.15) is 20.3 Å². The zero-order valence-electron chi connectivity index (χ0n) is 8.42. The highest BCUT2D eigenvalue weighted by atomic mass is 16.5. The fourth-order valence-corrected chi connectivity index (χ4v) is 1.24. The summed E-state index contributed by atoms with van der Waals surface area (Å²) in [5.41, 5.74) is 0. The Morgan fingerprint density at radius 2 is 2.08 bits per heavy atom. The Morgan fingerprint density at radius 3 is 2.50 bits per heavy atom. The van der Waals surface area contributed by atoms with Crippen LogP contribution in [-0.4, -0.2) is 49.5 Å². The van der Waals surface area contributed by atoms with E-state index >= 15 is 0 Å². The molecule has 0 fully saturated rings. The molecule has 1 atom stereocenters. The fourth-order valence-electron chi connectivity index (χ4n) is 1.24. The van der Waals surface area contributed by atoms with Crippen LogP contribution in [0.3, 0.4) is 0 Å². The van der Waals surface area contributed by atoms with Gasteiger partial charge in [-0.15, -0.1) is 0 Å². The smallest absolute Gasteiger partial charge is 0.0900 e. The van der Waals surface area contributed by atoms with E-state index in [9.17, 15) is 5.11 Å². The highest BCUT2D eigenvalue weighted by Crippen LogP contribution is 1.94. The van der Waals surface area contributed by atoms with Crippen molar-refractivity contribution in [2.45, 2.75) is 26.4 Å². The molecule has 12 heavy (non-hydrogen) atoms. The van der Waals surface area contributed by atoms with Crippen LogP contribution in [0.2, 0.25) is 0 Å². The second-order valence-electron chi connectivity index (χ2n) is 3.00. The third kappa shape index (κ3) is 5.52. The van der Waals surface area contributed by atoms with Gasteiger partial charge in [-0.3, -0.25) is 0 Å². The predicted molar refractivity (Wildman–Crippen MR) is 50.3 cm³/mol. The summed E-state index contributed by atoms with van der Waals surface area (Å²) in [6.45, 7) is 7.45. The molecule has 0 aliphatic heterocycles. The van der Waals surface area contributed by atoms with Crippen molar-refractivity contribution in [1.82, 2.24) is 4.90 Å². The van der Waals surface area contributed by atoms with Crippen molar-refractivity contribution in [2.24, 2.45) is 0 Å². The third-order valence-corrected chi connectivity index (χ3v) is 1.82. The lowest BCUT2D eigenvalue weighted by Gasteiger charge is -2.22. The summed E-state index contributed by atoms with van der Waals surface area (Å²) in [4.78, 5) is 2.23. The summed E-state index contributed by atoms with van der Waals surface area (Å²) in [5.74, 6) is 0. The molecule has 0 rings (SSSR count). The van der Waals surface area contributed by atoms with Crippen LogP contribution in [0, 0.1) is 0 Å². The Morgan fingerprint density at radius 1 is 1.42 bits per heavy atom. The maximum Gasteiger partial charge on any atom is 0.0900 e. The van der Waals surface area contributed by atoms with Crippen LogP contribution < -0.4 is 0 Å². The molecule has 0 bridgehead atoms. The van der Waals surface area contributed by atoms with E-state index < -0.39 is 0 Å². The van der Waals surface area contributed by atoms with Gasteiger partial charge in [-0.25, -0.2) is 0 Å². The van der Waals surface area contributed by atoms with Crippen LogP contribution >= 0.6 is 0 Å². The monoisotopic (exact) mass is 175 g/mol. The van der Waals surface area contributed by atoms with Crippen LogP contribution in [0.25, 0.3) is 0 Å². The number of likely N-dealkylation sites (N-methyl/N-ethyl adjacent to an activating group) is 1. The van der Waals surface area contributed by atoms with E-state index in [0.717, 1.165) is 26.1 Å². The molecule has 0 aromatic rings. The molecule has 0 heterocycles. The van der Waals surface area contributed by atoms with E-state index in [1.54, 1.807) is 7.11 Å². The first-order valence-corrected chi connectivity index (χ1v) is 4.63. The van der Waals surface area contributed by atoms with Gasteiger partial charge in [-0.2, -0.15) is 0 Å². The Labute approximate surface area is 75.3 Å². The molecular formula is C9H21NO2. The van der Waals surface area contributed by atoms with Gasteiger partial charge in [0.1, 0.15) is 0 Å². The van der Waals surface area contributed by atoms with Crippen molar-refractivity contribution in [2.75, 3.05) is 33.4 Å². The lowest BCUT2D eigenvalue weighted by atomic mass is 10.3. The minimum Gasteiger partial charge on any atom is -0.389 e. The summed E-state index contributed by atoms with van der Waals surface area (Å²) < 4.78 is 4.85. The lowest BCUT2D eigenvalue weighted by molar-refractivity contribution is 0.0389. The molecule has 74 valence electrons. The summed E-state index contributed by atoms with van der Waals surface area (Å²) in [7, 11) is 1.61. The zero-order chi connectivity index (χ0) is 9.40. The molecule has 3 nitrogen and oxygen atoms in total. The van der Waals surface area contributed by atoms with Crippen molar-refractivity contribution < 1.29 is 9.84 Å². The standard InChI is InChI=1S/C9H21NO2/c1-4-6-10(5-2)7-9(11)8-12-3/h9,11H,4-8H2,1-3H3/t9-/m1/s1. The quantitative estimate of drug-likeness (QED) is 0.619. The number of rotatable bonds is 7. The van der Waals surface area contributed by atoms with Gasteiger partial charge in [-0.1, -0.05) is 13.8 Å². The molecule has 0 spiro atoms. The number of ether oxygens (including phenoxy) is 1. The van der Waals surface area contributed by atoms with Crippen molar-refractivity contribution in [1.29, 1.82) is 0 Å². The van der Waals surface area contributed by atoms with E-state index in [4.69, 9.17) is 4.74 Å². The summed E-state index contributed by atoms with van der Waals surface area (Å²) in [6.07, 6.45) is 0.787. The summed E-state index contributed by atoms with van der Waals surface area (Å²) in [6, 6.07) is 0. The van der Waals surface area contributed by atoms with E-state index in [-0.39, 0.29) is 6.10 Å². The van der Waals surface area contributed by atoms with Gasteiger partial charge in [-0.05, 0) is 19.5 Å². The van der Waals surface area contributed by atoms with Gasteiger partial charge < -0.3 is 14.7 Å². The van der Waals surface area contributed by atoms with Crippen LogP contribution in [-0.2, 0) is 4.74 Å². The molecule has 0 aromatic heterocycles. The second-order valence-corrected chi connectivity index (χ2v) is 3.00. The summed E-state index contributed by atoms with van der Waals surface area (Å²) >= 11 is 0. The molecular weight excluding hydrogens is 154 g/mol. The van der Waals surface area contributed by atoms with E-state index in [2.05, 4.69) is 18.7 Å². The third-order valence-electron chi connectivity index (χ3n) is 1.82. The van der Waals surface area contributed by atoms with Crippen molar-refractivity contribution in [3.8, 4) is 0 Å². The second kappa shape index (κ2) is 7.53. The highest BCUT2D eigenvalue weighted by molar-refractivity contribution is 4.61. The molecule has 1 N–H and O–H groups in total.